The van der Waals surface area contributed by atoms with Crippen LogP contribution in [0.15, 0.2) is 36.7 Å². The number of piperidine rings is 1. The zero-order chi connectivity index (χ0) is 21.4. The highest BCUT2D eigenvalue weighted by atomic mass is 16.7. The van der Waals surface area contributed by atoms with Crippen molar-refractivity contribution < 1.29 is 14.2 Å². The fourth-order valence-corrected chi connectivity index (χ4v) is 5.06. The van der Waals surface area contributed by atoms with Crippen LogP contribution in [-0.4, -0.2) is 40.9 Å². The number of aromatic nitrogens is 1. The van der Waals surface area contributed by atoms with Crippen molar-refractivity contribution in [2.75, 3.05) is 13.9 Å². The first-order chi connectivity index (χ1) is 14.2. The van der Waals surface area contributed by atoms with Gasteiger partial charge in [-0.2, -0.15) is 0 Å². The molecule has 1 N–H and O–H groups in total. The lowest BCUT2D eigenvalue weighted by Crippen LogP contribution is -2.62. The molecule has 3 heterocycles. The minimum absolute atomic E-state index is 0.0713. The summed E-state index contributed by atoms with van der Waals surface area (Å²) in [4.78, 5) is 6.75. The van der Waals surface area contributed by atoms with Crippen LogP contribution in [0.1, 0.15) is 51.7 Å². The quantitative estimate of drug-likeness (QED) is 0.771. The van der Waals surface area contributed by atoms with Gasteiger partial charge >= 0.3 is 0 Å². The fourth-order valence-electron chi connectivity index (χ4n) is 5.06. The molecular weight excluding hydrogens is 378 g/mol. The van der Waals surface area contributed by atoms with Crippen LogP contribution < -0.4 is 19.5 Å². The van der Waals surface area contributed by atoms with E-state index in [1.165, 1.54) is 5.56 Å². The Balaban J connectivity index is 1.66. The normalized spacial score (nSPS) is 19.8. The first kappa shape index (κ1) is 20.9. The van der Waals surface area contributed by atoms with Crippen molar-refractivity contribution in [3.8, 4) is 17.2 Å². The van der Waals surface area contributed by atoms with E-state index in [9.17, 15) is 0 Å². The van der Waals surface area contributed by atoms with Crippen LogP contribution in [0, 0.1) is 0 Å². The Hall–Kier alpha value is -2.31. The predicted molar refractivity (Wildman–Crippen MR) is 117 cm³/mol. The third kappa shape index (κ3) is 4.71. The van der Waals surface area contributed by atoms with Crippen LogP contribution in [0.2, 0.25) is 0 Å². The highest BCUT2D eigenvalue weighted by molar-refractivity contribution is 5.51. The number of pyridine rings is 1. The second-order valence-corrected chi connectivity index (χ2v) is 9.73. The molecule has 1 fully saturated rings. The summed E-state index contributed by atoms with van der Waals surface area (Å²) >= 11 is 0. The second-order valence-electron chi connectivity index (χ2n) is 9.73. The van der Waals surface area contributed by atoms with Gasteiger partial charge in [-0.15, -0.1) is 0 Å². The van der Waals surface area contributed by atoms with E-state index in [1.54, 1.807) is 7.11 Å². The molecule has 1 aromatic heterocycles. The van der Waals surface area contributed by atoms with Gasteiger partial charge in [0.25, 0.3) is 0 Å². The number of rotatable bonds is 6. The van der Waals surface area contributed by atoms with Gasteiger partial charge in [-0.1, -0.05) is 0 Å². The number of fused-ring (bicyclic) bond motifs is 1. The number of methoxy groups -OCH3 is 1. The van der Waals surface area contributed by atoms with E-state index in [1.807, 2.05) is 18.5 Å². The van der Waals surface area contributed by atoms with Crippen LogP contribution in [0.3, 0.4) is 0 Å². The summed E-state index contributed by atoms with van der Waals surface area (Å²) in [6.07, 6.45) is 5.89. The van der Waals surface area contributed by atoms with Crippen LogP contribution in [0.5, 0.6) is 17.2 Å². The summed E-state index contributed by atoms with van der Waals surface area (Å²) in [5.41, 5.74) is 2.52. The number of benzene rings is 1. The molecule has 162 valence electrons. The molecule has 0 radical (unpaired) electrons. The van der Waals surface area contributed by atoms with Crippen molar-refractivity contribution in [1.82, 2.24) is 15.2 Å². The molecule has 0 spiro atoms. The van der Waals surface area contributed by atoms with Crippen LogP contribution in [-0.2, 0) is 13.1 Å². The molecule has 30 heavy (non-hydrogen) atoms. The van der Waals surface area contributed by atoms with Crippen LogP contribution in [0.4, 0.5) is 0 Å². The molecule has 6 heteroatoms. The molecule has 1 aromatic carbocycles. The SMILES string of the molecule is COc1cc2c(cc1CN(Cc1ccncc1)C1CC(C)(C)NC(C)(C)C1)OCO2. The van der Waals surface area contributed by atoms with Gasteiger partial charge < -0.3 is 19.5 Å². The first-order valence-electron chi connectivity index (χ1n) is 10.6. The van der Waals surface area contributed by atoms with Crippen LogP contribution >= 0.6 is 0 Å². The zero-order valence-electron chi connectivity index (χ0n) is 18.7. The van der Waals surface area contributed by atoms with E-state index in [-0.39, 0.29) is 17.9 Å². The van der Waals surface area contributed by atoms with E-state index >= 15 is 0 Å². The Morgan fingerprint density at radius 1 is 1.03 bits per heavy atom. The Morgan fingerprint density at radius 2 is 1.67 bits per heavy atom. The number of hydrogen-bond donors (Lipinski definition) is 1. The van der Waals surface area contributed by atoms with Gasteiger partial charge in [0.1, 0.15) is 5.75 Å². The van der Waals surface area contributed by atoms with Gasteiger partial charge in [0, 0.05) is 54.2 Å². The molecule has 2 aliphatic heterocycles. The van der Waals surface area contributed by atoms with Crippen molar-refractivity contribution in [3.63, 3.8) is 0 Å². The number of ether oxygens (including phenoxy) is 3. The average Bonchev–Trinajstić information content (AvgIpc) is 3.12. The van der Waals surface area contributed by atoms with Gasteiger partial charge in [0.05, 0.1) is 7.11 Å². The van der Waals surface area contributed by atoms with Crippen LogP contribution in [0.25, 0.3) is 0 Å². The third-order valence-electron chi connectivity index (χ3n) is 5.97. The Morgan fingerprint density at radius 3 is 2.30 bits per heavy atom. The minimum atomic E-state index is 0.0713. The van der Waals surface area contributed by atoms with E-state index < -0.39 is 0 Å². The van der Waals surface area contributed by atoms with E-state index in [4.69, 9.17) is 14.2 Å². The summed E-state index contributed by atoms with van der Waals surface area (Å²) in [5, 5.41) is 3.80. The lowest BCUT2D eigenvalue weighted by atomic mass is 9.78. The molecule has 0 saturated carbocycles. The predicted octanol–water partition coefficient (Wildman–Crippen LogP) is 4.13. The Bertz CT molecular complexity index is 867. The average molecular weight is 412 g/mol. The van der Waals surface area contributed by atoms with Crippen molar-refractivity contribution in [2.45, 2.75) is 70.7 Å². The summed E-state index contributed by atoms with van der Waals surface area (Å²) in [5.74, 6) is 2.38. The molecule has 1 saturated heterocycles. The first-order valence-corrected chi connectivity index (χ1v) is 10.6. The lowest BCUT2D eigenvalue weighted by Gasteiger charge is -2.50. The molecule has 0 bridgehead atoms. The zero-order valence-corrected chi connectivity index (χ0v) is 18.7. The molecule has 2 aromatic rings. The molecule has 6 nitrogen and oxygen atoms in total. The van der Waals surface area contributed by atoms with E-state index in [0.717, 1.165) is 48.7 Å². The van der Waals surface area contributed by atoms with Crippen molar-refractivity contribution in [2.24, 2.45) is 0 Å². The second kappa shape index (κ2) is 8.08. The van der Waals surface area contributed by atoms with E-state index in [0.29, 0.717) is 6.04 Å². The van der Waals surface area contributed by atoms with E-state index in [2.05, 4.69) is 61.1 Å². The molecule has 0 amide bonds. The smallest absolute Gasteiger partial charge is 0.231 e. The summed E-state index contributed by atoms with van der Waals surface area (Å²) in [6.45, 7) is 11.1. The summed E-state index contributed by atoms with van der Waals surface area (Å²) in [6, 6.07) is 8.64. The summed E-state index contributed by atoms with van der Waals surface area (Å²) < 4.78 is 16.9. The van der Waals surface area contributed by atoms with Crippen molar-refractivity contribution >= 4 is 0 Å². The fraction of sp³-hybridized carbons (Fsp3) is 0.542. The minimum Gasteiger partial charge on any atom is -0.496 e. The lowest BCUT2D eigenvalue weighted by molar-refractivity contribution is 0.0559. The monoisotopic (exact) mass is 411 g/mol. The van der Waals surface area contributed by atoms with Gasteiger partial charge in [0.2, 0.25) is 6.79 Å². The van der Waals surface area contributed by atoms with Gasteiger partial charge in [-0.05, 0) is 64.3 Å². The Labute approximate surface area is 179 Å². The maximum atomic E-state index is 5.71. The van der Waals surface area contributed by atoms with Gasteiger partial charge in [-0.3, -0.25) is 9.88 Å². The maximum absolute atomic E-state index is 5.71. The number of nitrogens with zero attached hydrogens (tertiary/aromatic N) is 2. The topological polar surface area (TPSA) is 55.9 Å². The summed E-state index contributed by atoms with van der Waals surface area (Å²) in [7, 11) is 1.71. The molecule has 2 aliphatic rings. The highest BCUT2D eigenvalue weighted by Gasteiger charge is 2.40. The van der Waals surface area contributed by atoms with Gasteiger partial charge in [-0.25, -0.2) is 0 Å². The maximum Gasteiger partial charge on any atom is 0.231 e. The largest absolute Gasteiger partial charge is 0.496 e. The molecule has 4 rings (SSSR count). The van der Waals surface area contributed by atoms with Crippen molar-refractivity contribution in [3.05, 3.63) is 47.8 Å². The van der Waals surface area contributed by atoms with Gasteiger partial charge in [0.15, 0.2) is 11.5 Å². The number of hydrogen-bond acceptors (Lipinski definition) is 6. The molecular formula is C24H33N3O3. The molecule has 0 unspecified atom stereocenters. The highest BCUT2D eigenvalue weighted by Crippen LogP contribution is 2.40. The molecule has 0 atom stereocenters. The third-order valence-corrected chi connectivity index (χ3v) is 5.97. The van der Waals surface area contributed by atoms with Crippen molar-refractivity contribution in [1.29, 1.82) is 0 Å². The number of nitrogens with one attached hydrogen (secondary N) is 1. The Kier molecular flexibility index (Phi) is 5.64. The standard InChI is InChI=1S/C24H33N3O3/c1-23(2)12-19(13-24(3,4)26-23)27(14-17-6-8-25-9-7-17)15-18-10-21-22(30-16-29-21)11-20(18)28-5/h6-11,19,26H,12-16H2,1-5H3. The molecule has 0 aliphatic carbocycles.